The van der Waals surface area contributed by atoms with Crippen molar-refractivity contribution in [3.05, 3.63) is 71.4 Å². The molecule has 1 amide bonds. The third-order valence-corrected chi connectivity index (χ3v) is 8.42. The molecule has 1 aliphatic heterocycles. The minimum atomic E-state index is -2.10. The van der Waals surface area contributed by atoms with E-state index in [4.69, 9.17) is 18.8 Å². The fraction of sp³-hybridized carbons (Fsp3) is 0.484. The highest BCUT2D eigenvalue weighted by Gasteiger charge is 2.51. The average Bonchev–Trinajstić information content (AvgIpc) is 3.35. The van der Waals surface area contributed by atoms with Gasteiger partial charge in [-0.1, -0.05) is 62.7 Å². The maximum Gasteiger partial charge on any atom is 0.494 e. The van der Waals surface area contributed by atoms with Gasteiger partial charge in [0, 0.05) is 11.5 Å². The Balaban J connectivity index is 1.64. The first-order chi connectivity index (χ1) is 18.4. The van der Waals surface area contributed by atoms with Crippen molar-refractivity contribution in [1.29, 1.82) is 0 Å². The number of hydrogen-bond donors (Lipinski definition) is 1. The smallest absolute Gasteiger partial charge is 0.402 e. The maximum absolute atomic E-state index is 13.9. The van der Waals surface area contributed by atoms with Gasteiger partial charge in [-0.15, -0.1) is 0 Å². The molecule has 1 saturated heterocycles. The van der Waals surface area contributed by atoms with Crippen molar-refractivity contribution in [3.63, 3.8) is 0 Å². The Labute approximate surface area is 240 Å². The Morgan fingerprint density at radius 2 is 1.52 bits per heavy atom. The molecule has 1 aromatic heterocycles. The minimum Gasteiger partial charge on any atom is -0.402 e. The van der Waals surface area contributed by atoms with E-state index in [1.807, 2.05) is 89.2 Å². The van der Waals surface area contributed by atoms with Crippen LogP contribution in [0, 0.1) is 6.92 Å². The number of benzene rings is 2. The summed E-state index contributed by atoms with van der Waals surface area (Å²) < 4.78 is 20.7. The number of hydrogen-bond acceptors (Lipinski definition) is 5. The Hall–Kier alpha value is -2.72. The van der Waals surface area contributed by atoms with Gasteiger partial charge in [0.15, 0.2) is 14.4 Å². The molecule has 0 aliphatic carbocycles. The molecule has 40 heavy (non-hydrogen) atoms. The first-order valence-corrected chi connectivity index (χ1v) is 17.4. The van der Waals surface area contributed by atoms with E-state index in [0.717, 1.165) is 28.0 Å². The zero-order valence-corrected chi connectivity index (χ0v) is 26.9. The molecule has 0 saturated carbocycles. The van der Waals surface area contributed by atoms with Gasteiger partial charge in [-0.2, -0.15) is 5.10 Å². The van der Waals surface area contributed by atoms with Crippen molar-refractivity contribution in [2.45, 2.75) is 97.8 Å². The lowest BCUT2D eigenvalue weighted by atomic mass is 9.78. The monoisotopic (exact) mass is 561 g/mol. The largest absolute Gasteiger partial charge is 0.494 e. The van der Waals surface area contributed by atoms with Crippen molar-refractivity contribution in [2.75, 3.05) is 5.32 Å². The minimum absolute atomic E-state index is 0.188. The number of aryl methyl sites for hydroxylation is 1. The van der Waals surface area contributed by atoms with Crippen LogP contribution < -0.4 is 10.8 Å². The summed E-state index contributed by atoms with van der Waals surface area (Å²) in [6.45, 7) is 22.8. The van der Waals surface area contributed by atoms with Crippen LogP contribution in [0.25, 0.3) is 5.69 Å². The number of rotatable bonds is 7. The fourth-order valence-electron chi connectivity index (χ4n) is 4.34. The highest BCUT2D eigenvalue weighted by Crippen LogP contribution is 2.36. The molecule has 2 heterocycles. The lowest BCUT2D eigenvalue weighted by Crippen LogP contribution is -2.41. The van der Waals surface area contributed by atoms with Crippen LogP contribution in [0.2, 0.25) is 19.6 Å². The summed E-state index contributed by atoms with van der Waals surface area (Å²) in [5, 5.41) is 8.00. The summed E-state index contributed by atoms with van der Waals surface area (Å²) in [6.07, 6.45) is -0.779. The Kier molecular flexibility index (Phi) is 8.01. The second-order valence-corrected chi connectivity index (χ2v) is 18.2. The summed E-state index contributed by atoms with van der Waals surface area (Å²) in [6, 6.07) is 17.8. The quantitative estimate of drug-likeness (QED) is 0.343. The molecule has 1 N–H and O–H groups in total. The Morgan fingerprint density at radius 1 is 0.975 bits per heavy atom. The number of nitrogens with one attached hydrogen (secondary N) is 1. The van der Waals surface area contributed by atoms with Crippen LogP contribution >= 0.6 is 0 Å². The van der Waals surface area contributed by atoms with E-state index in [1.54, 1.807) is 4.68 Å². The van der Waals surface area contributed by atoms with Crippen molar-refractivity contribution < 1.29 is 18.5 Å². The van der Waals surface area contributed by atoms with E-state index >= 15 is 0 Å². The third-order valence-electron chi connectivity index (χ3n) is 7.48. The second-order valence-electron chi connectivity index (χ2n) is 13.8. The van der Waals surface area contributed by atoms with Crippen molar-refractivity contribution in [2.24, 2.45) is 0 Å². The summed E-state index contributed by atoms with van der Waals surface area (Å²) in [5.74, 6) is 0.372. The van der Waals surface area contributed by atoms with Gasteiger partial charge in [0.1, 0.15) is 5.82 Å². The van der Waals surface area contributed by atoms with Gasteiger partial charge < -0.3 is 19.1 Å². The molecule has 1 atom stereocenters. The highest BCUT2D eigenvalue weighted by atomic mass is 28.4. The SMILES string of the molecule is Cc1ccc(-n2nc(C(C)(C)C)cc2NC(=O)C(O[Si](C)(C)C)c2ccc(B3OC(C)(C)C(C)(C)O3)cc2)cc1. The van der Waals surface area contributed by atoms with Gasteiger partial charge in [-0.25, -0.2) is 4.68 Å². The number of nitrogens with zero attached hydrogens (tertiary/aromatic N) is 2. The maximum atomic E-state index is 13.9. The topological polar surface area (TPSA) is 74.6 Å². The molecule has 4 rings (SSSR count). The van der Waals surface area contributed by atoms with Crippen LogP contribution in [0.5, 0.6) is 0 Å². The van der Waals surface area contributed by atoms with Crippen molar-refractivity contribution in [1.82, 2.24) is 9.78 Å². The molecule has 0 bridgehead atoms. The molecule has 1 fully saturated rings. The van der Waals surface area contributed by atoms with E-state index in [-0.39, 0.29) is 11.3 Å². The molecular weight excluding hydrogens is 517 g/mol. The summed E-state index contributed by atoms with van der Waals surface area (Å²) in [7, 11) is -2.57. The van der Waals surface area contributed by atoms with E-state index in [9.17, 15) is 4.79 Å². The number of carbonyl (C=O) groups excluding carboxylic acids is 1. The van der Waals surface area contributed by atoms with Gasteiger partial charge >= 0.3 is 7.12 Å². The number of amides is 1. The molecule has 9 heteroatoms. The summed E-state index contributed by atoms with van der Waals surface area (Å²) >= 11 is 0. The molecule has 2 aromatic carbocycles. The number of carbonyl (C=O) groups is 1. The van der Waals surface area contributed by atoms with Crippen molar-refractivity contribution in [3.8, 4) is 5.69 Å². The lowest BCUT2D eigenvalue weighted by molar-refractivity contribution is -0.123. The van der Waals surface area contributed by atoms with Gasteiger partial charge in [-0.05, 0) is 77.4 Å². The summed E-state index contributed by atoms with van der Waals surface area (Å²) in [5.41, 5.74) is 3.57. The summed E-state index contributed by atoms with van der Waals surface area (Å²) in [4.78, 5) is 13.9. The molecule has 1 unspecified atom stereocenters. The Morgan fingerprint density at radius 3 is 2.02 bits per heavy atom. The van der Waals surface area contributed by atoms with Crippen LogP contribution in [0.4, 0.5) is 5.82 Å². The zero-order valence-electron chi connectivity index (χ0n) is 25.9. The molecule has 1 aliphatic rings. The molecule has 3 aromatic rings. The number of anilines is 1. The predicted molar refractivity (Wildman–Crippen MR) is 165 cm³/mol. The zero-order chi connectivity index (χ0) is 29.7. The predicted octanol–water partition coefficient (Wildman–Crippen LogP) is 6.31. The lowest BCUT2D eigenvalue weighted by Gasteiger charge is -2.32. The first-order valence-electron chi connectivity index (χ1n) is 14.0. The van der Waals surface area contributed by atoms with Crippen LogP contribution in [0.1, 0.15) is 71.4 Å². The van der Waals surface area contributed by atoms with Gasteiger partial charge in [0.25, 0.3) is 5.91 Å². The van der Waals surface area contributed by atoms with E-state index in [2.05, 4.69) is 45.7 Å². The van der Waals surface area contributed by atoms with Crippen LogP contribution in [-0.4, -0.2) is 42.3 Å². The second kappa shape index (κ2) is 10.6. The van der Waals surface area contributed by atoms with Crippen LogP contribution in [0.15, 0.2) is 54.6 Å². The van der Waals surface area contributed by atoms with Gasteiger partial charge in [-0.3, -0.25) is 4.79 Å². The highest BCUT2D eigenvalue weighted by molar-refractivity contribution is 6.70. The third kappa shape index (κ3) is 6.60. The molecule has 7 nitrogen and oxygen atoms in total. The normalized spacial score (nSPS) is 17.6. The van der Waals surface area contributed by atoms with Crippen LogP contribution in [-0.2, 0) is 23.9 Å². The van der Waals surface area contributed by atoms with Gasteiger partial charge in [0.2, 0.25) is 0 Å². The average molecular weight is 562 g/mol. The molecule has 214 valence electrons. The van der Waals surface area contributed by atoms with Gasteiger partial charge in [0.05, 0.1) is 22.6 Å². The van der Waals surface area contributed by atoms with E-state index in [0.29, 0.717) is 5.82 Å². The number of aromatic nitrogens is 2. The standard InChI is InChI=1S/C31H44BN3O4Si/c1-21-12-18-24(19-13-21)35-26(20-25(34-35)29(2,3)4)33-28(36)27(37-40(9,10)11)22-14-16-23(17-15-22)32-38-30(5,6)31(7,8)39-32/h12-20,27H,1-11H3,(H,33,36). The molecule has 0 spiro atoms. The van der Waals surface area contributed by atoms with E-state index in [1.165, 1.54) is 0 Å². The van der Waals surface area contributed by atoms with Crippen LogP contribution in [0.3, 0.4) is 0 Å². The molecule has 0 radical (unpaired) electrons. The van der Waals surface area contributed by atoms with Crippen molar-refractivity contribution >= 4 is 32.6 Å². The fourth-order valence-corrected chi connectivity index (χ4v) is 5.30. The molecular formula is C31H44BN3O4Si. The van der Waals surface area contributed by atoms with E-state index < -0.39 is 32.7 Å². The first kappa shape index (κ1) is 30.2. The Bertz CT molecular complexity index is 1340.